The molecule has 0 radical (unpaired) electrons. The van der Waals surface area contributed by atoms with Gasteiger partial charge in [-0.05, 0) is 121 Å². The minimum absolute atomic E-state index is 0.527. The van der Waals surface area contributed by atoms with Crippen LogP contribution < -0.4 is 4.90 Å². The molecule has 11 aromatic carbocycles. The number of fused-ring (bicyclic) bond motifs is 7. The summed E-state index contributed by atoms with van der Waals surface area (Å²) in [6.07, 6.45) is 0. The van der Waals surface area contributed by atoms with Crippen molar-refractivity contribution >= 4 is 59.3 Å². The van der Waals surface area contributed by atoms with Crippen molar-refractivity contribution in [3.05, 3.63) is 283 Å². The van der Waals surface area contributed by atoms with E-state index in [1.807, 2.05) is 11.3 Å². The van der Waals surface area contributed by atoms with Gasteiger partial charge in [0.25, 0.3) is 0 Å². The number of hydrogen-bond acceptors (Lipinski definition) is 2. The van der Waals surface area contributed by atoms with E-state index in [2.05, 4.69) is 266 Å². The summed E-state index contributed by atoms with van der Waals surface area (Å²) in [5.41, 5.74) is 17.5. The second-order valence-electron chi connectivity index (χ2n) is 17.6. The van der Waals surface area contributed by atoms with Crippen molar-refractivity contribution in [2.45, 2.75) is 5.41 Å². The molecule has 1 aliphatic rings. The van der Waals surface area contributed by atoms with Gasteiger partial charge in [-0.15, -0.1) is 11.3 Å². The maximum atomic E-state index is 2.52. The van der Waals surface area contributed by atoms with E-state index in [1.54, 1.807) is 0 Å². The van der Waals surface area contributed by atoms with Gasteiger partial charge in [-0.2, -0.15) is 0 Å². The molecule has 1 heterocycles. The van der Waals surface area contributed by atoms with Gasteiger partial charge in [-0.3, -0.25) is 0 Å². The van der Waals surface area contributed by atoms with E-state index in [9.17, 15) is 0 Å². The first-order valence-corrected chi connectivity index (χ1v) is 23.9. The predicted molar refractivity (Wildman–Crippen MR) is 285 cm³/mol. The molecule has 12 aromatic rings. The highest BCUT2D eigenvalue weighted by Gasteiger charge is 2.47. The first-order valence-electron chi connectivity index (χ1n) is 23.1. The lowest BCUT2D eigenvalue weighted by Gasteiger charge is -2.34. The summed E-state index contributed by atoms with van der Waals surface area (Å²) >= 11 is 1.86. The molecule has 13 rings (SSSR count). The van der Waals surface area contributed by atoms with Crippen molar-refractivity contribution in [3.63, 3.8) is 0 Å². The molecule has 1 aromatic heterocycles. The molecule has 0 amide bonds. The van der Waals surface area contributed by atoms with E-state index in [4.69, 9.17) is 0 Å². The molecule has 1 aliphatic carbocycles. The second kappa shape index (κ2) is 16.0. The molecule has 0 unspecified atom stereocenters. The van der Waals surface area contributed by atoms with Crippen molar-refractivity contribution in [2.75, 3.05) is 4.90 Å². The average Bonchev–Trinajstić information content (AvgIpc) is 3.93. The van der Waals surface area contributed by atoms with E-state index in [0.717, 1.165) is 17.1 Å². The molecule has 0 aliphatic heterocycles. The van der Waals surface area contributed by atoms with Crippen molar-refractivity contribution in [1.82, 2.24) is 0 Å². The van der Waals surface area contributed by atoms with Gasteiger partial charge in [0.1, 0.15) is 0 Å². The van der Waals surface area contributed by atoms with E-state index < -0.39 is 5.41 Å². The van der Waals surface area contributed by atoms with Crippen LogP contribution in [0.2, 0.25) is 0 Å². The monoisotopic (exact) mass is 869 g/mol. The molecule has 2 heteroatoms. The second-order valence-corrected chi connectivity index (χ2v) is 18.7. The lowest BCUT2D eigenvalue weighted by Crippen LogP contribution is -2.28. The number of benzene rings is 11. The largest absolute Gasteiger partial charge is 0.309 e. The zero-order valence-corrected chi connectivity index (χ0v) is 37.5. The number of anilines is 3. The highest BCUT2D eigenvalue weighted by Crippen LogP contribution is 2.60. The molecule has 0 atom stereocenters. The Morgan fingerprint density at radius 2 is 0.881 bits per heavy atom. The van der Waals surface area contributed by atoms with Gasteiger partial charge >= 0.3 is 0 Å². The fourth-order valence-electron chi connectivity index (χ4n) is 10.9. The summed E-state index contributed by atoms with van der Waals surface area (Å²) in [7, 11) is 0. The van der Waals surface area contributed by atoms with Gasteiger partial charge in [-0.25, -0.2) is 0 Å². The minimum atomic E-state index is -0.527. The zero-order valence-electron chi connectivity index (χ0n) is 36.7. The summed E-state index contributed by atoms with van der Waals surface area (Å²) in [6, 6.07) is 96.5. The van der Waals surface area contributed by atoms with Crippen LogP contribution in [-0.2, 0) is 5.41 Å². The summed E-state index contributed by atoms with van der Waals surface area (Å²) in [6.45, 7) is 0. The lowest BCUT2D eigenvalue weighted by atomic mass is 9.68. The maximum Gasteiger partial charge on any atom is 0.0714 e. The van der Waals surface area contributed by atoms with Gasteiger partial charge in [0.15, 0.2) is 0 Å². The van der Waals surface area contributed by atoms with E-state index in [0.29, 0.717) is 0 Å². The zero-order chi connectivity index (χ0) is 44.3. The van der Waals surface area contributed by atoms with Crippen LogP contribution in [0.15, 0.2) is 261 Å². The van der Waals surface area contributed by atoms with Crippen LogP contribution in [0.4, 0.5) is 17.1 Å². The fourth-order valence-corrected chi connectivity index (χ4v) is 12.0. The first kappa shape index (κ1) is 39.1. The Morgan fingerprint density at radius 3 is 1.69 bits per heavy atom. The third-order valence-corrected chi connectivity index (χ3v) is 15.1. The summed E-state index contributed by atoms with van der Waals surface area (Å²) in [4.78, 5) is 2.52. The molecule has 0 spiro atoms. The van der Waals surface area contributed by atoms with Crippen molar-refractivity contribution in [1.29, 1.82) is 0 Å². The Morgan fingerprint density at radius 1 is 0.313 bits per heavy atom. The molecule has 0 fully saturated rings. The summed E-state index contributed by atoms with van der Waals surface area (Å²) < 4.78 is 2.61. The van der Waals surface area contributed by atoms with Crippen LogP contribution >= 0.6 is 11.3 Å². The average molecular weight is 870 g/mol. The highest BCUT2D eigenvalue weighted by atomic mass is 32.1. The van der Waals surface area contributed by atoms with Crippen LogP contribution in [0.25, 0.3) is 75.5 Å². The third kappa shape index (κ3) is 6.37. The van der Waals surface area contributed by atoms with Crippen LogP contribution in [0.3, 0.4) is 0 Å². The Hall–Kier alpha value is -8.30. The van der Waals surface area contributed by atoms with Crippen molar-refractivity contribution < 1.29 is 0 Å². The van der Waals surface area contributed by atoms with Crippen LogP contribution in [0.1, 0.15) is 22.3 Å². The standard InChI is InChI=1S/C65H43NS/c1-3-21-51(22-4-1)65(52-23-5-2-6-24-52)58-28-12-9-27-56(58)64-59(65)29-16-31-61(64)66(60-30-13-10-25-54(60)50-37-40-63-57(43-50)55-26-11-14-32-62(55)67-63)53-38-35-45(36-39-53)47-19-15-20-48(41-47)49-34-33-44-17-7-8-18-46(44)42-49/h1-43H. The Kier molecular flexibility index (Phi) is 9.33. The predicted octanol–water partition coefficient (Wildman–Crippen LogP) is 18.0. The number of nitrogens with zero attached hydrogens (tertiary/aromatic N) is 1. The number of rotatable bonds is 8. The molecule has 0 N–H and O–H groups in total. The van der Waals surface area contributed by atoms with Crippen LogP contribution in [0.5, 0.6) is 0 Å². The van der Waals surface area contributed by atoms with Crippen molar-refractivity contribution in [3.8, 4) is 44.5 Å². The third-order valence-electron chi connectivity index (χ3n) is 13.9. The molecular formula is C65H43NS. The van der Waals surface area contributed by atoms with Crippen LogP contribution in [-0.4, -0.2) is 0 Å². The Labute approximate surface area is 395 Å². The van der Waals surface area contributed by atoms with Crippen LogP contribution in [0, 0.1) is 0 Å². The molecule has 0 saturated heterocycles. The first-order chi connectivity index (χ1) is 33.2. The normalized spacial score (nSPS) is 12.6. The van der Waals surface area contributed by atoms with Gasteiger partial charge in [-0.1, -0.05) is 206 Å². The topological polar surface area (TPSA) is 3.24 Å². The minimum Gasteiger partial charge on any atom is -0.309 e. The lowest BCUT2D eigenvalue weighted by molar-refractivity contribution is 0.768. The van der Waals surface area contributed by atoms with Gasteiger partial charge in [0.2, 0.25) is 0 Å². The van der Waals surface area contributed by atoms with E-state index >= 15 is 0 Å². The smallest absolute Gasteiger partial charge is 0.0714 e. The summed E-state index contributed by atoms with van der Waals surface area (Å²) in [5, 5.41) is 5.09. The number of thiophene rings is 1. The number of hydrogen-bond donors (Lipinski definition) is 0. The van der Waals surface area contributed by atoms with E-state index in [-0.39, 0.29) is 0 Å². The molecule has 67 heavy (non-hydrogen) atoms. The molecule has 1 nitrogen and oxygen atoms in total. The maximum absolute atomic E-state index is 2.52. The molecule has 0 saturated carbocycles. The van der Waals surface area contributed by atoms with Gasteiger partial charge in [0.05, 0.1) is 16.8 Å². The Balaban J connectivity index is 1.02. The Bertz CT molecular complexity index is 3770. The van der Waals surface area contributed by atoms with Crippen molar-refractivity contribution in [2.24, 2.45) is 0 Å². The molecular weight excluding hydrogens is 827 g/mol. The molecule has 314 valence electrons. The van der Waals surface area contributed by atoms with Gasteiger partial charge < -0.3 is 4.90 Å². The fraction of sp³-hybridized carbons (Fsp3) is 0.0154. The van der Waals surface area contributed by atoms with E-state index in [1.165, 1.54) is 97.7 Å². The molecule has 0 bridgehead atoms. The number of para-hydroxylation sites is 1. The highest BCUT2D eigenvalue weighted by molar-refractivity contribution is 7.25. The SMILES string of the molecule is c1ccc(C2(c3ccccc3)c3ccccc3-c3c(N(c4ccc(-c5cccc(-c6ccc7ccccc7c6)c5)cc4)c4ccccc4-c4ccc5sc6ccccc6c5c4)cccc32)cc1. The summed E-state index contributed by atoms with van der Waals surface area (Å²) in [5.74, 6) is 0. The quantitative estimate of drug-likeness (QED) is 0.147. The van der Waals surface area contributed by atoms with Gasteiger partial charge in [0, 0.05) is 37.0 Å².